The van der Waals surface area contributed by atoms with Crippen LogP contribution in [0.15, 0.2) is 33.2 Å². The van der Waals surface area contributed by atoms with Gasteiger partial charge in [0.1, 0.15) is 5.75 Å². The molecule has 5 heteroatoms. The molecule has 0 bridgehead atoms. The van der Waals surface area contributed by atoms with Crippen molar-refractivity contribution >= 4 is 54.8 Å². The molecule has 96 valence electrons. The molecule has 0 N–H and O–H groups in total. The van der Waals surface area contributed by atoms with Crippen LogP contribution in [0, 0.1) is 6.92 Å². The molecular formula is C13H11Br2ClOS. The highest BCUT2D eigenvalue weighted by molar-refractivity contribution is 9.10. The summed E-state index contributed by atoms with van der Waals surface area (Å²) in [6, 6.07) is 7.96. The third-order valence-corrected chi connectivity index (χ3v) is 5.89. The van der Waals surface area contributed by atoms with E-state index in [0.717, 1.165) is 25.1 Å². The topological polar surface area (TPSA) is 9.23 Å². The lowest BCUT2D eigenvalue weighted by molar-refractivity contribution is 0.410. The maximum Gasteiger partial charge on any atom is 0.125 e. The van der Waals surface area contributed by atoms with Gasteiger partial charge in [-0.1, -0.05) is 22.0 Å². The van der Waals surface area contributed by atoms with E-state index in [-0.39, 0.29) is 5.38 Å². The molecule has 0 aliphatic carbocycles. The van der Waals surface area contributed by atoms with E-state index in [4.69, 9.17) is 16.3 Å². The summed E-state index contributed by atoms with van der Waals surface area (Å²) >= 11 is 15.2. The lowest BCUT2D eigenvalue weighted by Gasteiger charge is -2.13. The van der Waals surface area contributed by atoms with Crippen LogP contribution in [0.25, 0.3) is 0 Å². The van der Waals surface area contributed by atoms with E-state index in [9.17, 15) is 0 Å². The van der Waals surface area contributed by atoms with Crippen molar-refractivity contribution in [3.8, 4) is 5.75 Å². The van der Waals surface area contributed by atoms with E-state index in [1.807, 2.05) is 18.2 Å². The van der Waals surface area contributed by atoms with Crippen molar-refractivity contribution in [1.82, 2.24) is 0 Å². The normalized spacial score (nSPS) is 12.5. The van der Waals surface area contributed by atoms with Gasteiger partial charge in [-0.05, 0) is 41.1 Å². The summed E-state index contributed by atoms with van der Waals surface area (Å²) in [6.45, 7) is 2.07. The zero-order valence-electron chi connectivity index (χ0n) is 9.84. The zero-order valence-corrected chi connectivity index (χ0v) is 14.6. The molecule has 0 saturated carbocycles. The summed E-state index contributed by atoms with van der Waals surface area (Å²) in [5.41, 5.74) is 0.983. The van der Waals surface area contributed by atoms with Gasteiger partial charge in [0.2, 0.25) is 0 Å². The Bertz CT molecular complexity index is 549. The molecule has 0 aliphatic heterocycles. The molecule has 0 fully saturated rings. The van der Waals surface area contributed by atoms with Crippen LogP contribution in [0.3, 0.4) is 0 Å². The predicted octanol–water partition coefficient (Wildman–Crippen LogP) is 5.92. The number of thiophene rings is 1. The fourth-order valence-corrected chi connectivity index (χ4v) is 3.93. The molecule has 0 amide bonds. The Balaban J connectivity index is 2.42. The number of methoxy groups -OCH3 is 1. The quantitative estimate of drug-likeness (QED) is 0.571. The molecule has 0 aliphatic rings. The SMILES string of the molecule is COc1cc(Br)ccc1C(Cl)c1cc(Br)c(C)s1. The number of alkyl halides is 1. The monoisotopic (exact) mass is 408 g/mol. The number of aryl methyl sites for hydroxylation is 1. The Kier molecular flexibility index (Phi) is 4.75. The number of rotatable bonds is 3. The van der Waals surface area contributed by atoms with Gasteiger partial charge in [0.25, 0.3) is 0 Å². The first-order valence-electron chi connectivity index (χ1n) is 5.26. The molecule has 1 nitrogen and oxygen atoms in total. The van der Waals surface area contributed by atoms with E-state index in [1.165, 1.54) is 4.88 Å². The van der Waals surface area contributed by atoms with Crippen molar-refractivity contribution in [3.05, 3.63) is 48.5 Å². The minimum atomic E-state index is -0.192. The Morgan fingerprint density at radius 1 is 1.28 bits per heavy atom. The lowest BCUT2D eigenvalue weighted by Crippen LogP contribution is -1.95. The van der Waals surface area contributed by atoms with Gasteiger partial charge in [-0.2, -0.15) is 0 Å². The highest BCUT2D eigenvalue weighted by Gasteiger charge is 2.18. The Morgan fingerprint density at radius 2 is 2.00 bits per heavy atom. The van der Waals surface area contributed by atoms with Crippen LogP contribution < -0.4 is 4.74 Å². The largest absolute Gasteiger partial charge is 0.496 e. The molecule has 2 rings (SSSR count). The number of hydrogen-bond donors (Lipinski definition) is 0. The average molecular weight is 411 g/mol. The third-order valence-electron chi connectivity index (χ3n) is 2.59. The summed E-state index contributed by atoms with van der Waals surface area (Å²) in [4.78, 5) is 2.34. The summed E-state index contributed by atoms with van der Waals surface area (Å²) < 4.78 is 7.47. The first kappa shape index (κ1) is 14.4. The highest BCUT2D eigenvalue weighted by Crippen LogP contribution is 2.41. The van der Waals surface area contributed by atoms with Crippen molar-refractivity contribution in [2.45, 2.75) is 12.3 Å². The zero-order chi connectivity index (χ0) is 13.3. The molecule has 1 heterocycles. The van der Waals surface area contributed by atoms with Crippen LogP contribution in [0.4, 0.5) is 0 Å². The molecule has 2 aromatic rings. The van der Waals surface area contributed by atoms with Crippen molar-refractivity contribution in [2.24, 2.45) is 0 Å². The highest BCUT2D eigenvalue weighted by atomic mass is 79.9. The van der Waals surface area contributed by atoms with Gasteiger partial charge in [-0.15, -0.1) is 22.9 Å². The smallest absolute Gasteiger partial charge is 0.125 e. The second-order valence-corrected chi connectivity index (χ2v) is 7.30. The van der Waals surface area contributed by atoms with Crippen LogP contribution in [0.5, 0.6) is 5.75 Å². The molecule has 0 spiro atoms. The van der Waals surface area contributed by atoms with Crippen molar-refractivity contribution in [2.75, 3.05) is 7.11 Å². The number of ether oxygens (including phenoxy) is 1. The van der Waals surface area contributed by atoms with Gasteiger partial charge in [0.15, 0.2) is 0 Å². The third kappa shape index (κ3) is 2.93. The van der Waals surface area contributed by atoms with Crippen LogP contribution >= 0.6 is 54.8 Å². The van der Waals surface area contributed by atoms with E-state index >= 15 is 0 Å². The van der Waals surface area contributed by atoms with Crippen molar-refractivity contribution in [3.63, 3.8) is 0 Å². The van der Waals surface area contributed by atoms with Crippen LogP contribution in [0.2, 0.25) is 0 Å². The molecule has 0 saturated heterocycles. The van der Waals surface area contributed by atoms with Gasteiger partial charge in [0.05, 0.1) is 12.5 Å². The fourth-order valence-electron chi connectivity index (χ4n) is 1.65. The molecular weight excluding hydrogens is 399 g/mol. The first-order valence-corrected chi connectivity index (χ1v) is 8.10. The van der Waals surface area contributed by atoms with E-state index in [2.05, 4.69) is 44.8 Å². The Hall–Kier alpha value is -0.0300. The van der Waals surface area contributed by atoms with Crippen LogP contribution in [-0.4, -0.2) is 7.11 Å². The lowest BCUT2D eigenvalue weighted by atomic mass is 10.1. The van der Waals surface area contributed by atoms with Crippen LogP contribution in [-0.2, 0) is 0 Å². The Morgan fingerprint density at radius 3 is 2.56 bits per heavy atom. The van der Waals surface area contributed by atoms with Gasteiger partial charge in [-0.3, -0.25) is 0 Å². The second kappa shape index (κ2) is 5.95. The minimum absolute atomic E-state index is 0.192. The number of halogens is 3. The van der Waals surface area contributed by atoms with Crippen molar-refractivity contribution in [1.29, 1.82) is 0 Å². The molecule has 1 aromatic heterocycles. The second-order valence-electron chi connectivity index (χ2n) is 3.80. The molecule has 1 aromatic carbocycles. The number of hydrogen-bond acceptors (Lipinski definition) is 2. The minimum Gasteiger partial charge on any atom is -0.496 e. The summed E-state index contributed by atoms with van der Waals surface area (Å²) in [6.07, 6.45) is 0. The van der Waals surface area contributed by atoms with Gasteiger partial charge in [0, 0.05) is 24.3 Å². The summed E-state index contributed by atoms with van der Waals surface area (Å²) in [5, 5.41) is -0.192. The molecule has 1 atom stereocenters. The standard InChI is InChI=1S/C13H11Br2ClOS/c1-7-10(15)6-12(18-7)13(16)9-4-3-8(14)5-11(9)17-2/h3-6,13H,1-2H3. The Labute approximate surface area is 132 Å². The fraction of sp³-hybridized carbons (Fsp3) is 0.231. The van der Waals surface area contributed by atoms with E-state index < -0.39 is 0 Å². The molecule has 0 radical (unpaired) electrons. The van der Waals surface area contributed by atoms with Gasteiger partial charge < -0.3 is 4.74 Å². The van der Waals surface area contributed by atoms with Crippen LogP contribution in [0.1, 0.15) is 20.7 Å². The first-order chi connectivity index (χ1) is 8.52. The maximum absolute atomic E-state index is 6.55. The molecule has 1 unspecified atom stereocenters. The average Bonchev–Trinajstić information content (AvgIpc) is 2.68. The molecule has 18 heavy (non-hydrogen) atoms. The maximum atomic E-state index is 6.55. The van der Waals surface area contributed by atoms with E-state index in [0.29, 0.717) is 0 Å². The predicted molar refractivity (Wildman–Crippen MR) is 85.1 cm³/mol. The van der Waals surface area contributed by atoms with Crippen molar-refractivity contribution < 1.29 is 4.74 Å². The summed E-state index contributed by atoms with van der Waals surface area (Å²) in [7, 11) is 1.66. The number of benzene rings is 1. The van der Waals surface area contributed by atoms with Gasteiger partial charge in [-0.25, -0.2) is 0 Å². The summed E-state index contributed by atoms with van der Waals surface area (Å²) in [5.74, 6) is 0.798. The van der Waals surface area contributed by atoms with Gasteiger partial charge >= 0.3 is 0 Å². The van der Waals surface area contributed by atoms with E-state index in [1.54, 1.807) is 18.4 Å².